The number of aliphatic hydroxyl groups excluding tert-OH is 1. The van der Waals surface area contributed by atoms with E-state index in [-0.39, 0.29) is 57.2 Å². The third kappa shape index (κ3) is 12.7. The minimum Gasteiger partial charge on any atom is -0.660 e. The van der Waals surface area contributed by atoms with Gasteiger partial charge in [-0.1, -0.05) is 38.2 Å². The van der Waals surface area contributed by atoms with Crippen molar-refractivity contribution >= 4 is 22.7 Å². The number of methoxy groups -OCH3 is 3. The first-order valence-electron chi connectivity index (χ1n) is 15.3. The Morgan fingerprint density at radius 1 is 1.18 bits per heavy atom. The van der Waals surface area contributed by atoms with E-state index < -0.39 is 11.6 Å². The van der Waals surface area contributed by atoms with Gasteiger partial charge in [0.05, 0.1) is 20.3 Å². The molecule has 1 unspecified atom stereocenters. The predicted molar refractivity (Wildman–Crippen MR) is 168 cm³/mol. The molecule has 1 heterocycles. The normalized spacial score (nSPS) is 14.7. The van der Waals surface area contributed by atoms with Crippen LogP contribution in [0.25, 0.3) is 16.2 Å². The molecule has 1 aromatic carbocycles. The number of hydrogen-bond donors (Lipinski definition) is 2. The van der Waals surface area contributed by atoms with Crippen molar-refractivity contribution < 1.29 is 65.9 Å². The largest absolute Gasteiger partial charge is 0.660 e. The van der Waals surface area contributed by atoms with Crippen LogP contribution in [-0.2, 0) is 51.7 Å². The smallest absolute Gasteiger partial charge is 0.340 e. The molecule has 0 bridgehead atoms. The first kappa shape index (κ1) is 40.6. The van der Waals surface area contributed by atoms with Gasteiger partial charge in [-0.15, -0.1) is 12.6 Å². The maximum absolute atomic E-state index is 14.7. The first-order valence-corrected chi connectivity index (χ1v) is 15.3. The fraction of sp³-hybridized carbons (Fsp3) is 0.688. The van der Waals surface area contributed by atoms with Gasteiger partial charge in [-0.05, 0) is 39.3 Å². The van der Waals surface area contributed by atoms with Crippen LogP contribution in [-0.4, -0.2) is 94.0 Å². The molecule has 1 radical (unpaired) electrons. The van der Waals surface area contributed by atoms with E-state index in [9.17, 15) is 9.18 Å². The fourth-order valence-corrected chi connectivity index (χ4v) is 4.68. The third-order valence-corrected chi connectivity index (χ3v) is 7.47. The van der Waals surface area contributed by atoms with Crippen molar-refractivity contribution in [2.75, 3.05) is 59.1 Å². The first-order chi connectivity index (χ1) is 20.6. The number of carbonyl (C=O) groups excluding carboxylic acids is 1. The number of rotatable bonds is 19. The number of aromatic nitrogens is 1. The maximum Gasteiger partial charge on any atom is 0.340 e. The maximum atomic E-state index is 14.7. The number of benzene rings is 1. The molecule has 1 aliphatic carbocycles. The number of halogens is 1. The number of anilines is 1. The van der Waals surface area contributed by atoms with Crippen LogP contribution >= 0.6 is 0 Å². The Hall–Kier alpha value is -1.47. The second kappa shape index (κ2) is 21.4. The van der Waals surface area contributed by atoms with Crippen LogP contribution in [0.15, 0.2) is 24.3 Å². The minimum atomic E-state index is -1.21. The van der Waals surface area contributed by atoms with E-state index in [2.05, 4.69) is 28.8 Å². The molecule has 1 saturated carbocycles. The summed E-state index contributed by atoms with van der Waals surface area (Å²) in [4.78, 5) is 17.7. The zero-order chi connectivity index (χ0) is 31.8. The molecule has 1 aliphatic rings. The van der Waals surface area contributed by atoms with Crippen molar-refractivity contribution in [3.05, 3.63) is 35.4 Å². The average molecular weight is 697 g/mol. The third-order valence-electron chi connectivity index (χ3n) is 7.47. The number of ether oxygens (including phenoxy) is 4. The number of aliphatic hydroxyl groups is 1. The van der Waals surface area contributed by atoms with Gasteiger partial charge < -0.3 is 40.0 Å². The number of para-hydroxylation sites is 1. The van der Waals surface area contributed by atoms with Crippen LogP contribution in [0, 0.1) is 5.82 Å². The molecular formula is C32H52FN4O6Y-. The van der Waals surface area contributed by atoms with Gasteiger partial charge in [0.15, 0.2) is 5.60 Å². The van der Waals surface area contributed by atoms with Crippen molar-refractivity contribution in [3.8, 4) is 5.75 Å². The second-order valence-corrected chi connectivity index (χ2v) is 11.3. The van der Waals surface area contributed by atoms with E-state index in [1.54, 1.807) is 13.2 Å². The van der Waals surface area contributed by atoms with E-state index in [1.165, 1.54) is 40.1 Å². The average Bonchev–Trinajstić information content (AvgIpc) is 3.84. The number of unbranched alkanes of at least 4 members (excludes halogenated alkanes) is 2. The Bertz CT molecular complexity index is 1100. The quantitative estimate of drug-likeness (QED) is 0.154. The summed E-state index contributed by atoms with van der Waals surface area (Å²) in [6.45, 7) is 7.94. The Morgan fingerprint density at radius 3 is 2.45 bits per heavy atom. The van der Waals surface area contributed by atoms with Crippen LogP contribution in [0.2, 0.25) is 0 Å². The van der Waals surface area contributed by atoms with Gasteiger partial charge in [-0.2, -0.15) is 0 Å². The predicted octanol–water partition coefficient (Wildman–Crippen LogP) is 4.98. The number of nitrogens with zero attached hydrogens (tertiary/aromatic N) is 3. The van der Waals surface area contributed by atoms with Crippen molar-refractivity contribution in [1.29, 1.82) is 0 Å². The molecule has 3 N–H and O–H groups in total. The molecule has 44 heavy (non-hydrogen) atoms. The number of esters is 1. The summed E-state index contributed by atoms with van der Waals surface area (Å²) in [6, 6.07) is 7.87. The second-order valence-electron chi connectivity index (χ2n) is 11.3. The summed E-state index contributed by atoms with van der Waals surface area (Å²) in [5, 5.41) is 14.0. The van der Waals surface area contributed by atoms with E-state index >= 15 is 0 Å². The molecule has 0 saturated heterocycles. The molecule has 0 aliphatic heterocycles. The summed E-state index contributed by atoms with van der Waals surface area (Å²) in [5.74, 6) is 0.443. The van der Waals surface area contributed by atoms with Crippen LogP contribution in [0.3, 0.4) is 0 Å². The van der Waals surface area contributed by atoms with Gasteiger partial charge >= 0.3 is 5.97 Å². The summed E-state index contributed by atoms with van der Waals surface area (Å²) in [5.41, 5.74) is 5.34. The Morgan fingerprint density at radius 2 is 1.91 bits per heavy atom. The minimum absolute atomic E-state index is 0. The number of carbonyl (C=O) groups is 1. The van der Waals surface area contributed by atoms with Crippen molar-refractivity contribution in [3.63, 3.8) is 0 Å². The standard InChI is InChI=1S/C26H40FN4O2.C6H12O4.Y/c1-19(2)31(21(18-28)9-5-4-6-14-29-20-12-13-20)25-17-24(33-16-8-15-32-3)22-10-7-11-23(27)26(22)30-25;1-6(4-7,10-3)5(8)9-2;/h7,10-11,17,19-21H,4-6,8-9,12-16,18,28H2,1-3H3;7H,4H2,1-3H3;/q-1;;/t21-;;/m1../s1. The number of fused-ring (bicyclic) bond motifs is 1. The van der Waals surface area contributed by atoms with E-state index in [4.69, 9.17) is 30.0 Å². The van der Waals surface area contributed by atoms with Gasteiger partial charge in [0, 0.05) is 90.0 Å². The summed E-state index contributed by atoms with van der Waals surface area (Å²) >= 11 is 0. The topological polar surface area (TPSA) is 130 Å². The number of pyridine rings is 1. The molecule has 2 atom stereocenters. The molecule has 0 amide bonds. The molecular weight excluding hydrogens is 644 g/mol. The molecule has 3 rings (SSSR count). The molecule has 247 valence electrons. The van der Waals surface area contributed by atoms with Gasteiger partial charge in [-0.25, -0.2) is 14.2 Å². The number of hydrogen-bond acceptors (Lipinski definition) is 9. The van der Waals surface area contributed by atoms with E-state index in [1.807, 2.05) is 12.1 Å². The van der Waals surface area contributed by atoms with Crippen LogP contribution in [0.5, 0.6) is 5.75 Å². The molecule has 12 heteroatoms. The van der Waals surface area contributed by atoms with Crippen LogP contribution in [0.1, 0.15) is 65.7 Å². The molecule has 1 fully saturated rings. The Kier molecular flexibility index (Phi) is 19.7. The zero-order valence-corrected chi connectivity index (χ0v) is 30.2. The SMILES string of the molecule is COC(=O)C(C)(CO)OC.COCCCOc1cc(N(C(C)C)[C@@H](CN)CCCCC[N-]C2CC2)nc2c(F)cccc12.[Y]. The van der Waals surface area contributed by atoms with Gasteiger partial charge in [-0.3, -0.25) is 0 Å². The van der Waals surface area contributed by atoms with E-state index in [0.29, 0.717) is 48.3 Å². The molecule has 0 spiro atoms. The van der Waals surface area contributed by atoms with E-state index in [0.717, 1.165) is 38.6 Å². The summed E-state index contributed by atoms with van der Waals surface area (Å²) < 4.78 is 35.0. The van der Waals surface area contributed by atoms with Gasteiger partial charge in [0.1, 0.15) is 22.9 Å². The van der Waals surface area contributed by atoms with Crippen molar-refractivity contribution in [2.24, 2.45) is 5.73 Å². The Balaban J connectivity index is 0.000000758. The van der Waals surface area contributed by atoms with Crippen molar-refractivity contribution in [2.45, 2.75) is 89.4 Å². The van der Waals surface area contributed by atoms with Gasteiger partial charge in [0.2, 0.25) is 0 Å². The van der Waals surface area contributed by atoms with Gasteiger partial charge in [0.25, 0.3) is 0 Å². The molecule has 2 aromatic rings. The molecule has 1 aromatic heterocycles. The monoisotopic (exact) mass is 696 g/mol. The zero-order valence-electron chi connectivity index (χ0n) is 27.4. The molecule has 10 nitrogen and oxygen atoms in total. The summed E-state index contributed by atoms with van der Waals surface area (Å²) in [7, 11) is 4.26. The Labute approximate surface area is 287 Å². The number of nitrogens with two attached hydrogens (primary N) is 1. The van der Waals surface area contributed by atoms with Crippen LogP contribution in [0.4, 0.5) is 10.2 Å². The summed E-state index contributed by atoms with van der Waals surface area (Å²) in [6.07, 6.45) is 7.65. The van der Waals surface area contributed by atoms with Crippen LogP contribution < -0.4 is 15.4 Å². The van der Waals surface area contributed by atoms with Crippen molar-refractivity contribution in [1.82, 2.24) is 4.98 Å². The fourth-order valence-electron chi connectivity index (χ4n) is 4.68.